The Labute approximate surface area is 185 Å². The number of carbonyl (C=O) groups is 2. The second-order valence-electron chi connectivity index (χ2n) is 8.05. The molecule has 180 valence electrons. The molecule has 2 aliphatic heterocycles. The summed E-state index contributed by atoms with van der Waals surface area (Å²) in [6.07, 6.45) is -3.81. The first-order valence-electron chi connectivity index (χ1n) is 10.2. The van der Waals surface area contributed by atoms with Gasteiger partial charge in [0, 0.05) is 39.6 Å². The predicted molar refractivity (Wildman–Crippen MR) is 110 cm³/mol. The number of fused-ring (bicyclic) bond motifs is 1. The summed E-state index contributed by atoms with van der Waals surface area (Å²) >= 11 is 0. The fourth-order valence-corrected chi connectivity index (χ4v) is 3.85. The number of urea groups is 1. The van der Waals surface area contributed by atoms with Crippen molar-refractivity contribution in [1.29, 1.82) is 0 Å². The van der Waals surface area contributed by atoms with Crippen LogP contribution in [0.4, 0.5) is 18.0 Å². The average Bonchev–Trinajstić information content (AvgIpc) is 3.14. The van der Waals surface area contributed by atoms with Crippen molar-refractivity contribution in [3.63, 3.8) is 0 Å². The van der Waals surface area contributed by atoms with Gasteiger partial charge in [-0.15, -0.1) is 0 Å². The molecule has 0 aliphatic carbocycles. The topological polar surface area (TPSA) is 91.3 Å². The van der Waals surface area contributed by atoms with E-state index in [1.54, 1.807) is 26.1 Å². The van der Waals surface area contributed by atoms with Gasteiger partial charge in [0.1, 0.15) is 5.75 Å². The van der Waals surface area contributed by atoms with Crippen LogP contribution in [0.15, 0.2) is 24.3 Å². The fourth-order valence-electron chi connectivity index (χ4n) is 3.85. The van der Waals surface area contributed by atoms with Gasteiger partial charge in [-0.2, -0.15) is 13.2 Å². The lowest BCUT2D eigenvalue weighted by molar-refractivity contribution is -0.192. The Balaban J connectivity index is 0.000000451. The zero-order valence-corrected chi connectivity index (χ0v) is 18.4. The monoisotopic (exact) mass is 461 g/mol. The minimum absolute atomic E-state index is 0.0519. The standard InChI is InChI=1S/C19H29N3O3.C2HF3O2/c1-21(2)19(23)20-10-18-17-8-9-22(12-15(17)13-25-18)11-14-4-6-16(24-3)7-5-14;3-2(4,5)1(6)7/h4-7,15,17-18H,8-13H2,1-3H3,(H,20,23);(H,6,7)/t15-,17-,18-;/m0./s1. The number of hydrogen-bond donors (Lipinski definition) is 2. The van der Waals surface area contributed by atoms with Crippen LogP contribution in [0.2, 0.25) is 0 Å². The van der Waals surface area contributed by atoms with Gasteiger partial charge in [0.25, 0.3) is 0 Å². The molecular weight excluding hydrogens is 431 g/mol. The lowest BCUT2D eigenvalue weighted by Crippen LogP contribution is -2.45. The molecule has 3 atom stereocenters. The molecule has 0 spiro atoms. The molecule has 11 heteroatoms. The number of alkyl halides is 3. The normalized spacial score (nSPS) is 22.9. The molecule has 2 fully saturated rings. The van der Waals surface area contributed by atoms with Gasteiger partial charge in [-0.25, -0.2) is 9.59 Å². The molecule has 2 saturated heterocycles. The first kappa shape index (κ1) is 25.7. The number of amides is 2. The van der Waals surface area contributed by atoms with E-state index >= 15 is 0 Å². The second kappa shape index (κ2) is 11.4. The number of methoxy groups -OCH3 is 1. The van der Waals surface area contributed by atoms with Crippen molar-refractivity contribution in [2.45, 2.75) is 25.2 Å². The van der Waals surface area contributed by atoms with Gasteiger partial charge < -0.3 is 24.8 Å². The van der Waals surface area contributed by atoms with E-state index in [2.05, 4.69) is 22.3 Å². The maximum absolute atomic E-state index is 11.7. The highest BCUT2D eigenvalue weighted by Gasteiger charge is 2.40. The number of nitrogens with zero attached hydrogens (tertiary/aromatic N) is 2. The summed E-state index contributed by atoms with van der Waals surface area (Å²) in [5.74, 6) is -0.746. The number of ether oxygens (including phenoxy) is 2. The molecule has 0 radical (unpaired) electrons. The number of halogens is 3. The summed E-state index contributed by atoms with van der Waals surface area (Å²) in [6, 6.07) is 8.25. The molecule has 0 aromatic heterocycles. The fraction of sp³-hybridized carbons (Fsp3) is 0.619. The molecule has 0 bridgehead atoms. The molecule has 8 nitrogen and oxygen atoms in total. The quantitative estimate of drug-likeness (QED) is 0.700. The largest absolute Gasteiger partial charge is 0.497 e. The number of nitrogens with one attached hydrogen (secondary N) is 1. The number of carboxylic acid groups (broad SMARTS) is 1. The molecule has 0 unspecified atom stereocenters. The summed E-state index contributed by atoms with van der Waals surface area (Å²) in [6.45, 7) is 4.52. The highest BCUT2D eigenvalue weighted by molar-refractivity contribution is 5.73. The Morgan fingerprint density at radius 3 is 2.44 bits per heavy atom. The summed E-state index contributed by atoms with van der Waals surface area (Å²) in [5, 5.41) is 10.1. The van der Waals surface area contributed by atoms with E-state index in [1.807, 2.05) is 12.1 Å². The minimum atomic E-state index is -5.08. The van der Waals surface area contributed by atoms with E-state index < -0.39 is 12.1 Å². The van der Waals surface area contributed by atoms with Crippen LogP contribution in [0, 0.1) is 11.8 Å². The average molecular weight is 461 g/mol. The van der Waals surface area contributed by atoms with E-state index in [9.17, 15) is 18.0 Å². The molecule has 1 aromatic rings. The van der Waals surface area contributed by atoms with Crippen molar-refractivity contribution >= 4 is 12.0 Å². The van der Waals surface area contributed by atoms with Crippen molar-refractivity contribution in [2.75, 3.05) is 47.4 Å². The number of carboxylic acids is 1. The Morgan fingerprint density at radius 2 is 1.91 bits per heavy atom. The van der Waals surface area contributed by atoms with Crippen molar-refractivity contribution in [2.24, 2.45) is 11.8 Å². The summed E-state index contributed by atoms with van der Waals surface area (Å²) in [5.41, 5.74) is 1.31. The number of likely N-dealkylation sites (tertiary alicyclic amines) is 1. The summed E-state index contributed by atoms with van der Waals surface area (Å²) in [4.78, 5) is 24.7. The van der Waals surface area contributed by atoms with E-state index in [0.29, 0.717) is 18.4 Å². The molecule has 32 heavy (non-hydrogen) atoms. The lowest BCUT2D eigenvalue weighted by atomic mass is 9.84. The van der Waals surface area contributed by atoms with E-state index in [-0.39, 0.29) is 12.1 Å². The van der Waals surface area contributed by atoms with Crippen molar-refractivity contribution in [3.8, 4) is 5.75 Å². The molecule has 2 amide bonds. The number of hydrogen-bond acceptors (Lipinski definition) is 5. The Bertz CT molecular complexity index is 758. The van der Waals surface area contributed by atoms with Gasteiger partial charge in [0.05, 0.1) is 19.8 Å². The highest BCUT2D eigenvalue weighted by Crippen LogP contribution is 2.34. The summed E-state index contributed by atoms with van der Waals surface area (Å²) in [7, 11) is 5.20. The highest BCUT2D eigenvalue weighted by atomic mass is 19.4. The molecular formula is C21H30F3N3O5. The molecule has 3 rings (SSSR count). The number of benzene rings is 1. The Kier molecular flexibility index (Phi) is 9.14. The van der Waals surface area contributed by atoms with Gasteiger partial charge in [-0.1, -0.05) is 12.1 Å². The van der Waals surface area contributed by atoms with Crippen molar-refractivity contribution < 1.29 is 37.3 Å². The van der Waals surface area contributed by atoms with Crippen LogP contribution in [0.25, 0.3) is 0 Å². The summed E-state index contributed by atoms with van der Waals surface area (Å²) < 4.78 is 42.9. The maximum Gasteiger partial charge on any atom is 0.490 e. The predicted octanol–water partition coefficient (Wildman–Crippen LogP) is 2.44. The van der Waals surface area contributed by atoms with Crippen molar-refractivity contribution in [3.05, 3.63) is 29.8 Å². The molecule has 0 saturated carbocycles. The van der Waals surface area contributed by atoms with Crippen LogP contribution < -0.4 is 10.1 Å². The maximum atomic E-state index is 11.7. The lowest BCUT2D eigenvalue weighted by Gasteiger charge is -2.35. The van der Waals surface area contributed by atoms with Crippen LogP contribution in [0.1, 0.15) is 12.0 Å². The molecule has 2 heterocycles. The third-order valence-electron chi connectivity index (χ3n) is 5.55. The second-order valence-corrected chi connectivity index (χ2v) is 8.05. The Morgan fingerprint density at radius 1 is 1.28 bits per heavy atom. The first-order valence-corrected chi connectivity index (χ1v) is 10.2. The zero-order valence-electron chi connectivity index (χ0n) is 18.4. The van der Waals surface area contributed by atoms with Gasteiger partial charge in [0.2, 0.25) is 0 Å². The zero-order chi connectivity index (χ0) is 23.9. The first-order chi connectivity index (χ1) is 15.0. The SMILES string of the molecule is COc1ccc(CN2CC[C@H]3[C@H](CO[C@H]3CNC(=O)N(C)C)C2)cc1.O=C(O)C(F)(F)F. The van der Waals surface area contributed by atoms with Gasteiger partial charge in [-0.05, 0) is 36.6 Å². The molecule has 2 N–H and O–H groups in total. The third kappa shape index (κ3) is 7.56. The van der Waals surface area contributed by atoms with Gasteiger partial charge in [0.15, 0.2) is 0 Å². The number of carbonyl (C=O) groups excluding carboxylic acids is 1. The van der Waals surface area contributed by atoms with Crippen LogP contribution in [0.5, 0.6) is 5.75 Å². The van der Waals surface area contributed by atoms with Crippen LogP contribution in [-0.2, 0) is 16.1 Å². The number of rotatable bonds is 5. The Hall–Kier alpha value is -2.53. The van der Waals surface area contributed by atoms with Crippen LogP contribution in [0.3, 0.4) is 0 Å². The van der Waals surface area contributed by atoms with E-state index in [0.717, 1.165) is 38.4 Å². The van der Waals surface area contributed by atoms with E-state index in [4.69, 9.17) is 19.4 Å². The number of piperidine rings is 1. The third-order valence-corrected chi connectivity index (χ3v) is 5.55. The van der Waals surface area contributed by atoms with Crippen LogP contribution in [-0.4, -0.2) is 86.6 Å². The van der Waals surface area contributed by atoms with Gasteiger partial charge >= 0.3 is 18.2 Å². The van der Waals surface area contributed by atoms with Crippen molar-refractivity contribution in [1.82, 2.24) is 15.1 Å². The molecule has 2 aliphatic rings. The van der Waals surface area contributed by atoms with Crippen LogP contribution >= 0.6 is 0 Å². The number of aliphatic carboxylic acids is 1. The van der Waals surface area contributed by atoms with E-state index in [1.165, 1.54) is 5.56 Å². The van der Waals surface area contributed by atoms with Gasteiger partial charge in [-0.3, -0.25) is 4.90 Å². The molecule has 1 aromatic carbocycles. The smallest absolute Gasteiger partial charge is 0.490 e. The minimum Gasteiger partial charge on any atom is -0.497 e.